The van der Waals surface area contributed by atoms with Crippen molar-refractivity contribution in [2.24, 2.45) is 0 Å². The summed E-state index contributed by atoms with van der Waals surface area (Å²) in [5, 5.41) is 0. The van der Waals surface area contributed by atoms with Gasteiger partial charge in [0.05, 0.1) is 7.11 Å². The zero-order chi connectivity index (χ0) is 9.07. The largest absolute Gasteiger partial charge is 0.492 e. The second kappa shape index (κ2) is 3.64. The molecule has 0 aliphatic heterocycles. The van der Waals surface area contributed by atoms with Crippen LogP contribution in [0.4, 0.5) is 13.2 Å². The molecule has 0 radical (unpaired) electrons. The summed E-state index contributed by atoms with van der Waals surface area (Å²) < 4.78 is 40.1. The van der Waals surface area contributed by atoms with E-state index in [2.05, 4.69) is 4.74 Å². The molecule has 0 aromatic carbocycles. The maximum Gasteiger partial charge on any atom is 0.448 e. The van der Waals surface area contributed by atoms with Crippen LogP contribution in [0, 0.1) is 0 Å². The Morgan fingerprint density at radius 1 is 1.36 bits per heavy atom. The Morgan fingerprint density at radius 3 is 1.91 bits per heavy atom. The summed E-state index contributed by atoms with van der Waals surface area (Å²) in [5.41, 5.74) is 0.222. The minimum absolute atomic E-state index is 0.222. The standard InChI is InChI=1S/C7H11F3O/c1-4-5(2)6(11-3)7(8,9)10/h4H2,1-3H3. The summed E-state index contributed by atoms with van der Waals surface area (Å²) in [6.45, 7) is 3.06. The number of methoxy groups -OCH3 is 1. The van der Waals surface area contributed by atoms with Crippen molar-refractivity contribution in [3.8, 4) is 0 Å². The van der Waals surface area contributed by atoms with Crippen molar-refractivity contribution < 1.29 is 17.9 Å². The van der Waals surface area contributed by atoms with Crippen LogP contribution < -0.4 is 0 Å². The van der Waals surface area contributed by atoms with E-state index < -0.39 is 11.9 Å². The summed E-state index contributed by atoms with van der Waals surface area (Å²) in [6, 6.07) is 0. The van der Waals surface area contributed by atoms with Gasteiger partial charge in [-0.3, -0.25) is 0 Å². The number of hydrogen-bond acceptors (Lipinski definition) is 1. The summed E-state index contributed by atoms with van der Waals surface area (Å²) in [6.07, 6.45) is -4.00. The van der Waals surface area contributed by atoms with Gasteiger partial charge in [0.15, 0.2) is 5.76 Å². The second-order valence-corrected chi connectivity index (χ2v) is 2.16. The Kier molecular flexibility index (Phi) is 3.42. The van der Waals surface area contributed by atoms with E-state index >= 15 is 0 Å². The molecule has 66 valence electrons. The summed E-state index contributed by atoms with van der Waals surface area (Å²) in [4.78, 5) is 0. The van der Waals surface area contributed by atoms with Crippen LogP contribution in [-0.4, -0.2) is 13.3 Å². The maximum absolute atomic E-state index is 12.0. The van der Waals surface area contributed by atoms with Crippen LogP contribution in [0.25, 0.3) is 0 Å². The zero-order valence-electron chi connectivity index (χ0n) is 6.75. The molecule has 4 heteroatoms. The minimum Gasteiger partial charge on any atom is -0.492 e. The first kappa shape index (κ1) is 10.3. The lowest BCUT2D eigenvalue weighted by Gasteiger charge is -2.12. The van der Waals surface area contributed by atoms with Crippen LogP contribution in [-0.2, 0) is 4.74 Å². The Morgan fingerprint density at radius 2 is 1.82 bits per heavy atom. The van der Waals surface area contributed by atoms with Crippen molar-refractivity contribution >= 4 is 0 Å². The van der Waals surface area contributed by atoms with Crippen LogP contribution >= 0.6 is 0 Å². The predicted octanol–water partition coefficient (Wildman–Crippen LogP) is 2.88. The van der Waals surface area contributed by atoms with E-state index in [9.17, 15) is 13.2 Å². The average molecular weight is 168 g/mol. The molecule has 0 rings (SSSR count). The van der Waals surface area contributed by atoms with Crippen LogP contribution in [0.1, 0.15) is 20.3 Å². The van der Waals surface area contributed by atoms with E-state index in [0.717, 1.165) is 7.11 Å². The molecule has 0 amide bonds. The lowest BCUT2D eigenvalue weighted by molar-refractivity contribution is -0.127. The van der Waals surface area contributed by atoms with E-state index in [0.29, 0.717) is 6.42 Å². The van der Waals surface area contributed by atoms with Gasteiger partial charge in [0.25, 0.3) is 0 Å². The molecular weight excluding hydrogens is 157 g/mol. The molecule has 0 heterocycles. The molecule has 0 N–H and O–H groups in total. The van der Waals surface area contributed by atoms with Crippen molar-refractivity contribution in [3.05, 3.63) is 11.3 Å². The monoisotopic (exact) mass is 168 g/mol. The van der Waals surface area contributed by atoms with Crippen LogP contribution in [0.2, 0.25) is 0 Å². The van der Waals surface area contributed by atoms with Gasteiger partial charge in [-0.2, -0.15) is 13.2 Å². The lowest BCUT2D eigenvalue weighted by Crippen LogP contribution is -2.15. The Labute approximate surface area is 63.8 Å². The molecule has 0 aliphatic carbocycles. The zero-order valence-corrected chi connectivity index (χ0v) is 6.75. The fraction of sp³-hybridized carbons (Fsp3) is 0.714. The van der Waals surface area contributed by atoms with E-state index in [-0.39, 0.29) is 5.57 Å². The molecule has 0 atom stereocenters. The molecule has 1 nitrogen and oxygen atoms in total. The molecule has 0 unspecified atom stereocenters. The highest BCUT2D eigenvalue weighted by Crippen LogP contribution is 2.29. The van der Waals surface area contributed by atoms with Gasteiger partial charge < -0.3 is 4.74 Å². The van der Waals surface area contributed by atoms with Gasteiger partial charge in [-0.05, 0) is 18.9 Å². The van der Waals surface area contributed by atoms with Crippen molar-refractivity contribution in [3.63, 3.8) is 0 Å². The molecule has 0 aromatic rings. The fourth-order valence-electron chi connectivity index (χ4n) is 0.692. The first-order valence-corrected chi connectivity index (χ1v) is 3.24. The van der Waals surface area contributed by atoms with Crippen molar-refractivity contribution in [1.82, 2.24) is 0 Å². The smallest absolute Gasteiger partial charge is 0.448 e. The lowest BCUT2D eigenvalue weighted by atomic mass is 10.2. The molecule has 0 spiro atoms. The van der Waals surface area contributed by atoms with Gasteiger partial charge in [-0.15, -0.1) is 0 Å². The fourth-order valence-corrected chi connectivity index (χ4v) is 0.692. The van der Waals surface area contributed by atoms with E-state index in [1.54, 1.807) is 6.92 Å². The van der Waals surface area contributed by atoms with Gasteiger partial charge in [0.2, 0.25) is 0 Å². The van der Waals surface area contributed by atoms with Gasteiger partial charge >= 0.3 is 6.18 Å². The van der Waals surface area contributed by atoms with Gasteiger partial charge in [-0.25, -0.2) is 0 Å². The third-order valence-electron chi connectivity index (χ3n) is 1.38. The maximum atomic E-state index is 12.0. The Bertz CT molecular complexity index is 158. The van der Waals surface area contributed by atoms with Gasteiger partial charge in [-0.1, -0.05) is 6.92 Å². The first-order chi connectivity index (χ1) is 4.93. The van der Waals surface area contributed by atoms with Crippen LogP contribution in [0.15, 0.2) is 11.3 Å². The van der Waals surface area contributed by atoms with E-state index in [4.69, 9.17) is 0 Å². The van der Waals surface area contributed by atoms with E-state index in [1.807, 2.05) is 0 Å². The van der Waals surface area contributed by atoms with Crippen molar-refractivity contribution in [1.29, 1.82) is 0 Å². The molecule has 0 aromatic heterocycles. The highest BCUT2D eigenvalue weighted by molar-refractivity contribution is 5.10. The quantitative estimate of drug-likeness (QED) is 0.576. The number of rotatable bonds is 2. The highest BCUT2D eigenvalue weighted by atomic mass is 19.4. The van der Waals surface area contributed by atoms with E-state index in [1.165, 1.54) is 6.92 Å². The van der Waals surface area contributed by atoms with Crippen LogP contribution in [0.5, 0.6) is 0 Å². The van der Waals surface area contributed by atoms with Gasteiger partial charge in [0, 0.05) is 0 Å². The molecule has 0 bridgehead atoms. The second-order valence-electron chi connectivity index (χ2n) is 2.16. The molecule has 0 saturated carbocycles. The average Bonchev–Trinajstić information content (AvgIpc) is 1.86. The predicted molar refractivity (Wildman–Crippen MR) is 36.1 cm³/mol. The van der Waals surface area contributed by atoms with Crippen LogP contribution in [0.3, 0.4) is 0 Å². The Hall–Kier alpha value is -0.670. The summed E-state index contributed by atoms with van der Waals surface area (Å²) in [7, 11) is 1.03. The van der Waals surface area contributed by atoms with Crippen molar-refractivity contribution in [2.75, 3.05) is 7.11 Å². The minimum atomic E-state index is -4.35. The molecule has 11 heavy (non-hydrogen) atoms. The molecule has 0 saturated heterocycles. The molecule has 0 fully saturated rings. The summed E-state index contributed by atoms with van der Waals surface area (Å²) in [5.74, 6) is -0.875. The first-order valence-electron chi connectivity index (χ1n) is 3.24. The number of hydrogen-bond donors (Lipinski definition) is 0. The normalized spacial score (nSPS) is 14.4. The number of alkyl halides is 3. The van der Waals surface area contributed by atoms with Crippen molar-refractivity contribution in [2.45, 2.75) is 26.4 Å². The highest BCUT2D eigenvalue weighted by Gasteiger charge is 2.36. The number of halogens is 3. The Balaban J connectivity index is 4.66. The topological polar surface area (TPSA) is 9.23 Å². The number of ether oxygens (including phenoxy) is 1. The molecular formula is C7H11F3O. The summed E-state index contributed by atoms with van der Waals surface area (Å²) >= 11 is 0. The third-order valence-corrected chi connectivity index (χ3v) is 1.38. The number of allylic oxidation sites excluding steroid dienone is 2. The third kappa shape index (κ3) is 2.82. The van der Waals surface area contributed by atoms with Gasteiger partial charge in [0.1, 0.15) is 0 Å². The molecule has 0 aliphatic rings. The SMILES string of the molecule is CCC(C)=C(OC)C(F)(F)F.